The smallest absolute Gasteiger partial charge is 0.323 e. The van der Waals surface area contributed by atoms with Crippen molar-refractivity contribution in [3.8, 4) is 6.01 Å². The van der Waals surface area contributed by atoms with Crippen LogP contribution in [0.1, 0.15) is 26.2 Å². The van der Waals surface area contributed by atoms with Crippen molar-refractivity contribution >= 4 is 17.8 Å². The molecule has 1 aliphatic rings. The summed E-state index contributed by atoms with van der Waals surface area (Å²) < 4.78 is 5.28. The Balaban J connectivity index is 1.87. The van der Waals surface area contributed by atoms with Gasteiger partial charge >= 0.3 is 6.01 Å². The van der Waals surface area contributed by atoms with Gasteiger partial charge in [-0.3, -0.25) is 4.79 Å². The number of amides is 1. The number of carbonyl (C=O) groups excluding carboxylic acids is 1. The number of hydrogen-bond acceptors (Lipinski definition) is 7. The molecule has 2 rings (SSSR count). The van der Waals surface area contributed by atoms with Gasteiger partial charge in [-0.05, 0) is 19.3 Å². The molecule has 0 spiro atoms. The Bertz CT molecular complexity index is 449. The zero-order valence-corrected chi connectivity index (χ0v) is 10.8. The van der Waals surface area contributed by atoms with Gasteiger partial charge in [-0.25, -0.2) is 0 Å². The average Bonchev–Trinajstić information content (AvgIpc) is 3.17. The molecule has 0 bridgehead atoms. The van der Waals surface area contributed by atoms with Crippen LogP contribution >= 0.6 is 0 Å². The van der Waals surface area contributed by atoms with Crippen molar-refractivity contribution in [3.05, 3.63) is 0 Å². The molecule has 1 fully saturated rings. The standard InChI is InChI=1S/C11H18N6O2/c1-2-5-19-11-16-9(12)15-10(17-11)13-6-8(18)14-7-3-4-7/h7H,2-6H2,1H3,(H,14,18)(H3,12,13,15,16,17). The van der Waals surface area contributed by atoms with E-state index in [1.807, 2.05) is 6.92 Å². The number of nitrogens with zero attached hydrogens (tertiary/aromatic N) is 3. The largest absolute Gasteiger partial charge is 0.463 e. The topological polar surface area (TPSA) is 115 Å². The molecule has 0 atom stereocenters. The van der Waals surface area contributed by atoms with Crippen molar-refractivity contribution in [1.29, 1.82) is 0 Å². The fraction of sp³-hybridized carbons (Fsp3) is 0.636. The number of nitrogens with two attached hydrogens (primary N) is 1. The summed E-state index contributed by atoms with van der Waals surface area (Å²) in [4.78, 5) is 23.3. The van der Waals surface area contributed by atoms with Gasteiger partial charge in [0.1, 0.15) is 0 Å². The van der Waals surface area contributed by atoms with Crippen LogP contribution in [0, 0.1) is 0 Å². The second-order valence-corrected chi connectivity index (χ2v) is 4.34. The molecule has 1 aromatic heterocycles. The zero-order valence-electron chi connectivity index (χ0n) is 10.8. The summed E-state index contributed by atoms with van der Waals surface area (Å²) in [5, 5.41) is 5.65. The summed E-state index contributed by atoms with van der Waals surface area (Å²) in [5.41, 5.74) is 5.55. The molecular weight excluding hydrogens is 248 g/mol. The molecule has 1 heterocycles. The fourth-order valence-corrected chi connectivity index (χ4v) is 1.37. The van der Waals surface area contributed by atoms with Crippen molar-refractivity contribution in [2.24, 2.45) is 0 Å². The summed E-state index contributed by atoms with van der Waals surface area (Å²) in [7, 11) is 0. The highest BCUT2D eigenvalue weighted by Gasteiger charge is 2.23. The first-order valence-electron chi connectivity index (χ1n) is 6.35. The van der Waals surface area contributed by atoms with Gasteiger partial charge < -0.3 is 21.1 Å². The van der Waals surface area contributed by atoms with E-state index in [0.717, 1.165) is 19.3 Å². The van der Waals surface area contributed by atoms with E-state index in [9.17, 15) is 4.79 Å². The van der Waals surface area contributed by atoms with E-state index in [0.29, 0.717) is 12.6 Å². The first-order valence-corrected chi connectivity index (χ1v) is 6.35. The number of nitrogen functional groups attached to an aromatic ring is 1. The Morgan fingerprint density at radius 2 is 2.21 bits per heavy atom. The Morgan fingerprint density at radius 1 is 1.42 bits per heavy atom. The maximum atomic E-state index is 11.5. The Labute approximate surface area is 111 Å². The Morgan fingerprint density at radius 3 is 2.89 bits per heavy atom. The van der Waals surface area contributed by atoms with Crippen molar-refractivity contribution in [2.75, 3.05) is 24.2 Å². The molecule has 1 aromatic rings. The van der Waals surface area contributed by atoms with Gasteiger partial charge in [-0.1, -0.05) is 6.92 Å². The molecule has 0 saturated heterocycles. The number of ether oxygens (including phenoxy) is 1. The predicted molar refractivity (Wildman–Crippen MR) is 69.7 cm³/mol. The maximum absolute atomic E-state index is 11.5. The van der Waals surface area contributed by atoms with E-state index < -0.39 is 0 Å². The van der Waals surface area contributed by atoms with Crippen molar-refractivity contribution in [3.63, 3.8) is 0 Å². The van der Waals surface area contributed by atoms with E-state index in [2.05, 4.69) is 25.6 Å². The molecule has 1 aliphatic carbocycles. The Kier molecular flexibility index (Phi) is 4.32. The number of rotatable bonds is 7. The number of hydrogen-bond donors (Lipinski definition) is 3. The van der Waals surface area contributed by atoms with Gasteiger partial charge in [0.05, 0.1) is 13.2 Å². The summed E-state index contributed by atoms with van der Waals surface area (Å²) in [6.45, 7) is 2.59. The average molecular weight is 266 g/mol. The number of aromatic nitrogens is 3. The second-order valence-electron chi connectivity index (χ2n) is 4.34. The SMILES string of the molecule is CCCOc1nc(N)nc(NCC(=O)NC2CC2)n1. The summed E-state index contributed by atoms with van der Waals surface area (Å²) >= 11 is 0. The lowest BCUT2D eigenvalue weighted by Gasteiger charge is -2.07. The van der Waals surface area contributed by atoms with Crippen LogP contribution in [0.15, 0.2) is 0 Å². The minimum atomic E-state index is -0.0856. The molecule has 8 nitrogen and oxygen atoms in total. The van der Waals surface area contributed by atoms with Gasteiger partial charge in [0.2, 0.25) is 17.8 Å². The monoisotopic (exact) mass is 266 g/mol. The van der Waals surface area contributed by atoms with E-state index in [-0.39, 0.29) is 30.4 Å². The van der Waals surface area contributed by atoms with Gasteiger partial charge in [-0.15, -0.1) is 0 Å². The molecule has 0 aromatic carbocycles. The molecule has 0 radical (unpaired) electrons. The molecule has 4 N–H and O–H groups in total. The maximum Gasteiger partial charge on any atom is 0.323 e. The molecule has 1 saturated carbocycles. The highest BCUT2D eigenvalue weighted by Crippen LogP contribution is 2.18. The van der Waals surface area contributed by atoms with Crippen LogP contribution < -0.4 is 21.1 Å². The summed E-state index contributed by atoms with van der Waals surface area (Å²) in [6, 6.07) is 0.501. The van der Waals surface area contributed by atoms with E-state index in [4.69, 9.17) is 10.5 Å². The third-order valence-electron chi connectivity index (χ3n) is 2.42. The quantitative estimate of drug-likeness (QED) is 0.632. The fourth-order valence-electron chi connectivity index (χ4n) is 1.37. The highest BCUT2D eigenvalue weighted by molar-refractivity contribution is 5.80. The highest BCUT2D eigenvalue weighted by atomic mass is 16.5. The summed E-state index contributed by atoms with van der Waals surface area (Å²) in [6.07, 6.45) is 2.96. The molecule has 0 aliphatic heterocycles. The van der Waals surface area contributed by atoms with E-state index in [1.54, 1.807) is 0 Å². The molecule has 8 heteroatoms. The molecule has 104 valence electrons. The van der Waals surface area contributed by atoms with Gasteiger partial charge in [0, 0.05) is 6.04 Å². The minimum absolute atomic E-state index is 0.0613. The predicted octanol–water partition coefficient (Wildman–Crippen LogP) is -0.0669. The number of nitrogens with one attached hydrogen (secondary N) is 2. The lowest BCUT2D eigenvalue weighted by Crippen LogP contribution is -2.31. The van der Waals surface area contributed by atoms with Crippen LogP contribution in [0.2, 0.25) is 0 Å². The Hall–Kier alpha value is -2.12. The lowest BCUT2D eigenvalue weighted by molar-refractivity contribution is -0.119. The molecule has 0 unspecified atom stereocenters. The van der Waals surface area contributed by atoms with Gasteiger partial charge in [-0.2, -0.15) is 15.0 Å². The zero-order chi connectivity index (χ0) is 13.7. The van der Waals surface area contributed by atoms with E-state index in [1.165, 1.54) is 0 Å². The lowest BCUT2D eigenvalue weighted by atomic mass is 10.5. The first-order chi connectivity index (χ1) is 9.17. The van der Waals surface area contributed by atoms with Crippen LogP contribution in [0.3, 0.4) is 0 Å². The van der Waals surface area contributed by atoms with Crippen LogP contribution in [-0.4, -0.2) is 40.1 Å². The van der Waals surface area contributed by atoms with Crippen LogP contribution in [0.4, 0.5) is 11.9 Å². The van der Waals surface area contributed by atoms with Crippen LogP contribution in [-0.2, 0) is 4.79 Å². The summed E-state index contributed by atoms with van der Waals surface area (Å²) in [5.74, 6) is 0.216. The van der Waals surface area contributed by atoms with Crippen molar-refractivity contribution in [2.45, 2.75) is 32.2 Å². The van der Waals surface area contributed by atoms with Crippen molar-refractivity contribution < 1.29 is 9.53 Å². The van der Waals surface area contributed by atoms with E-state index >= 15 is 0 Å². The van der Waals surface area contributed by atoms with Gasteiger partial charge in [0.15, 0.2) is 0 Å². The number of carbonyl (C=O) groups is 1. The second kappa shape index (κ2) is 6.17. The molecule has 1 amide bonds. The molecular formula is C11H18N6O2. The normalized spacial score (nSPS) is 13.9. The van der Waals surface area contributed by atoms with Crippen LogP contribution in [0.5, 0.6) is 6.01 Å². The van der Waals surface area contributed by atoms with Crippen LogP contribution in [0.25, 0.3) is 0 Å². The molecule has 19 heavy (non-hydrogen) atoms. The third-order valence-corrected chi connectivity index (χ3v) is 2.42. The minimum Gasteiger partial charge on any atom is -0.463 e. The number of anilines is 2. The van der Waals surface area contributed by atoms with Crippen molar-refractivity contribution in [1.82, 2.24) is 20.3 Å². The third kappa shape index (κ3) is 4.57. The first kappa shape index (κ1) is 13.3. The van der Waals surface area contributed by atoms with Gasteiger partial charge in [0.25, 0.3) is 0 Å².